The fourth-order valence-electron chi connectivity index (χ4n) is 4.78. The molecule has 5 rings (SSSR count). The van der Waals surface area contributed by atoms with Crippen LogP contribution < -0.4 is 21.3 Å². The summed E-state index contributed by atoms with van der Waals surface area (Å²) in [5.41, 5.74) is 6.80. The molecule has 1 fully saturated rings. The number of amides is 1. The number of aromatic nitrogens is 3. The number of H-pyrrole nitrogens is 1. The van der Waals surface area contributed by atoms with Crippen molar-refractivity contribution in [1.29, 1.82) is 0 Å². The van der Waals surface area contributed by atoms with E-state index in [0.717, 1.165) is 23.1 Å². The van der Waals surface area contributed by atoms with Crippen LogP contribution in [-0.2, 0) is 4.79 Å². The van der Waals surface area contributed by atoms with Crippen LogP contribution in [0, 0.1) is 11.6 Å². The van der Waals surface area contributed by atoms with Gasteiger partial charge in [-0.3, -0.25) is 4.79 Å². The Labute approximate surface area is 233 Å². The standard InChI is InChI=1S/C27H28ClF2N7O3/c28-16-3-1-15(2-4-16)21(6-12-38)34-25(40)27(31)7-10-37(11-8-27)24-18-5-9-32-23(18)35-26(36-24)33-17-13-19(29)22(39)20(30)14-17/h1-5,9,13-14,21,38-39H,6-8,10-12,31H2,(H,34,40)(H2,32,33,35,36). The number of aliphatic hydroxyl groups excluding tert-OH is 1. The highest BCUT2D eigenvalue weighted by molar-refractivity contribution is 6.30. The van der Waals surface area contributed by atoms with Crippen LogP contribution in [0.4, 0.5) is 26.2 Å². The SMILES string of the molecule is NC1(C(=O)NC(CCO)c2ccc(Cl)cc2)CCN(c2nc(Nc3cc(F)c(O)c(F)c3)nc3[nH]ccc23)CC1. The van der Waals surface area contributed by atoms with Crippen LogP contribution in [0.1, 0.15) is 30.9 Å². The monoisotopic (exact) mass is 571 g/mol. The van der Waals surface area contributed by atoms with E-state index in [2.05, 4.69) is 25.6 Å². The van der Waals surface area contributed by atoms with Crippen molar-refractivity contribution >= 4 is 46.0 Å². The Balaban J connectivity index is 1.32. The number of anilines is 3. The summed E-state index contributed by atoms with van der Waals surface area (Å²) in [6.07, 6.45) is 2.69. The number of carbonyl (C=O) groups excluding carboxylic acids is 1. The molecule has 40 heavy (non-hydrogen) atoms. The van der Waals surface area contributed by atoms with E-state index in [0.29, 0.717) is 48.8 Å². The van der Waals surface area contributed by atoms with E-state index in [1.807, 2.05) is 11.0 Å². The number of benzene rings is 2. The minimum atomic E-state index is -1.14. The molecule has 1 aliphatic rings. The number of hydrogen-bond acceptors (Lipinski definition) is 8. The first-order chi connectivity index (χ1) is 19.2. The van der Waals surface area contributed by atoms with Crippen molar-refractivity contribution in [2.24, 2.45) is 5.73 Å². The molecule has 0 spiro atoms. The number of rotatable bonds is 8. The molecule has 1 unspecified atom stereocenters. The smallest absolute Gasteiger partial charge is 0.240 e. The first-order valence-corrected chi connectivity index (χ1v) is 13.1. The number of hydrogen-bond donors (Lipinski definition) is 6. The molecule has 2 aromatic carbocycles. The Morgan fingerprint density at radius 1 is 1.15 bits per heavy atom. The number of fused-ring (bicyclic) bond motifs is 1. The molecule has 1 saturated heterocycles. The molecule has 0 bridgehead atoms. The fourth-order valence-corrected chi connectivity index (χ4v) is 4.91. The summed E-state index contributed by atoms with van der Waals surface area (Å²) in [7, 11) is 0. The van der Waals surface area contributed by atoms with Crippen LogP contribution >= 0.6 is 11.6 Å². The third kappa shape index (κ3) is 5.64. The molecule has 1 amide bonds. The molecule has 210 valence electrons. The number of halogens is 3. The van der Waals surface area contributed by atoms with Crippen molar-refractivity contribution in [3.63, 3.8) is 0 Å². The van der Waals surface area contributed by atoms with E-state index in [1.54, 1.807) is 30.5 Å². The van der Waals surface area contributed by atoms with Crippen LogP contribution in [0.25, 0.3) is 11.0 Å². The summed E-state index contributed by atoms with van der Waals surface area (Å²) in [5.74, 6) is -2.95. The molecule has 0 aliphatic carbocycles. The van der Waals surface area contributed by atoms with Crippen LogP contribution in [0.3, 0.4) is 0 Å². The fraction of sp³-hybridized carbons (Fsp3) is 0.296. The van der Waals surface area contributed by atoms with E-state index in [9.17, 15) is 23.8 Å². The van der Waals surface area contributed by atoms with Gasteiger partial charge >= 0.3 is 0 Å². The Bertz CT molecular complexity index is 1500. The molecule has 10 nitrogen and oxygen atoms in total. The molecular weight excluding hydrogens is 544 g/mol. The maximum Gasteiger partial charge on any atom is 0.240 e. The van der Waals surface area contributed by atoms with Crippen molar-refractivity contribution in [3.8, 4) is 5.75 Å². The van der Waals surface area contributed by atoms with Gasteiger partial charge in [-0.15, -0.1) is 0 Å². The van der Waals surface area contributed by atoms with Gasteiger partial charge in [-0.2, -0.15) is 9.97 Å². The minimum absolute atomic E-state index is 0.0269. The van der Waals surface area contributed by atoms with Gasteiger partial charge in [0.05, 0.1) is 17.0 Å². The lowest BCUT2D eigenvalue weighted by atomic mass is 9.87. The minimum Gasteiger partial charge on any atom is -0.503 e. The second kappa shape index (κ2) is 11.2. The molecule has 2 aromatic heterocycles. The van der Waals surface area contributed by atoms with Gasteiger partial charge in [0.15, 0.2) is 17.4 Å². The number of nitrogens with one attached hydrogen (secondary N) is 3. The third-order valence-electron chi connectivity index (χ3n) is 7.07. The largest absolute Gasteiger partial charge is 0.503 e. The van der Waals surface area contributed by atoms with Gasteiger partial charge in [-0.25, -0.2) is 8.78 Å². The van der Waals surface area contributed by atoms with E-state index in [-0.39, 0.29) is 24.1 Å². The Hall–Kier alpha value is -4.00. The van der Waals surface area contributed by atoms with Crippen molar-refractivity contribution in [2.75, 3.05) is 29.9 Å². The number of nitrogens with zero attached hydrogens (tertiary/aromatic N) is 3. The number of aliphatic hydroxyl groups is 1. The maximum atomic E-state index is 13.8. The quantitative estimate of drug-likeness (QED) is 0.174. The number of carbonyl (C=O) groups is 1. The van der Waals surface area contributed by atoms with Gasteiger partial charge in [0, 0.05) is 48.7 Å². The Morgan fingerprint density at radius 2 is 1.82 bits per heavy atom. The summed E-state index contributed by atoms with van der Waals surface area (Å²) < 4.78 is 27.7. The number of phenols is 1. The molecule has 0 radical (unpaired) electrons. The third-order valence-corrected chi connectivity index (χ3v) is 7.32. The summed E-state index contributed by atoms with van der Waals surface area (Å²) in [4.78, 5) is 27.3. The normalized spacial score (nSPS) is 15.7. The van der Waals surface area contributed by atoms with E-state index in [4.69, 9.17) is 17.3 Å². The number of nitrogens with two attached hydrogens (primary N) is 1. The lowest BCUT2D eigenvalue weighted by Gasteiger charge is -2.39. The second-order valence-corrected chi connectivity index (χ2v) is 10.2. The van der Waals surface area contributed by atoms with Crippen molar-refractivity contribution < 1.29 is 23.8 Å². The van der Waals surface area contributed by atoms with Crippen LogP contribution in [0.2, 0.25) is 5.02 Å². The molecule has 4 aromatic rings. The summed E-state index contributed by atoms with van der Waals surface area (Å²) in [5, 5.41) is 26.0. The Morgan fingerprint density at radius 3 is 2.48 bits per heavy atom. The molecule has 1 aliphatic heterocycles. The van der Waals surface area contributed by atoms with Gasteiger partial charge in [0.1, 0.15) is 11.5 Å². The lowest BCUT2D eigenvalue weighted by Crippen LogP contribution is -2.60. The maximum absolute atomic E-state index is 13.8. The second-order valence-electron chi connectivity index (χ2n) is 9.76. The zero-order valence-corrected chi connectivity index (χ0v) is 22.1. The van der Waals surface area contributed by atoms with E-state index >= 15 is 0 Å². The number of phenolic OH excluding ortho intramolecular Hbond substituents is 1. The predicted molar refractivity (Wildman–Crippen MR) is 148 cm³/mol. The summed E-state index contributed by atoms with van der Waals surface area (Å²) in [6, 6.07) is 10.3. The molecule has 1 atom stereocenters. The average Bonchev–Trinajstić information content (AvgIpc) is 3.41. The van der Waals surface area contributed by atoms with Gasteiger partial charge in [-0.1, -0.05) is 23.7 Å². The van der Waals surface area contributed by atoms with Crippen molar-refractivity contribution in [3.05, 3.63) is 70.9 Å². The summed E-state index contributed by atoms with van der Waals surface area (Å²) in [6.45, 7) is 0.711. The van der Waals surface area contributed by atoms with E-state index in [1.165, 1.54) is 0 Å². The predicted octanol–water partition coefficient (Wildman–Crippen LogP) is 3.88. The molecule has 7 N–H and O–H groups in total. The van der Waals surface area contributed by atoms with Crippen LogP contribution in [-0.4, -0.2) is 56.3 Å². The van der Waals surface area contributed by atoms with Gasteiger partial charge in [0.2, 0.25) is 11.9 Å². The lowest BCUT2D eigenvalue weighted by molar-refractivity contribution is -0.128. The summed E-state index contributed by atoms with van der Waals surface area (Å²) >= 11 is 5.99. The zero-order valence-electron chi connectivity index (χ0n) is 21.3. The number of piperidine rings is 1. The average molecular weight is 572 g/mol. The van der Waals surface area contributed by atoms with Crippen molar-refractivity contribution in [1.82, 2.24) is 20.3 Å². The Kier molecular flexibility index (Phi) is 7.74. The van der Waals surface area contributed by atoms with Crippen molar-refractivity contribution in [2.45, 2.75) is 30.8 Å². The molecule has 3 heterocycles. The number of aromatic hydroxyl groups is 1. The van der Waals surface area contributed by atoms with Gasteiger partial charge in [-0.05, 0) is 43.0 Å². The number of aromatic amines is 1. The van der Waals surface area contributed by atoms with E-state index < -0.39 is 29.0 Å². The van der Waals surface area contributed by atoms with Gasteiger partial charge in [0.25, 0.3) is 0 Å². The molecule has 0 saturated carbocycles. The molecular formula is C27H28ClF2N7O3. The topological polar surface area (TPSA) is 152 Å². The first kappa shape index (κ1) is 27.6. The highest BCUT2D eigenvalue weighted by Crippen LogP contribution is 2.32. The highest BCUT2D eigenvalue weighted by Gasteiger charge is 2.39. The van der Waals surface area contributed by atoms with Crippen LogP contribution in [0.15, 0.2) is 48.7 Å². The highest BCUT2D eigenvalue weighted by atomic mass is 35.5. The van der Waals surface area contributed by atoms with Gasteiger partial charge < -0.3 is 36.5 Å². The van der Waals surface area contributed by atoms with Crippen LogP contribution in [0.5, 0.6) is 5.75 Å². The zero-order chi connectivity index (χ0) is 28.4. The first-order valence-electron chi connectivity index (χ1n) is 12.7. The molecule has 13 heteroatoms.